The van der Waals surface area contributed by atoms with Gasteiger partial charge in [-0.2, -0.15) is 0 Å². The van der Waals surface area contributed by atoms with Crippen molar-refractivity contribution in [1.29, 1.82) is 0 Å². The molecule has 3 heteroatoms. The molecule has 0 spiro atoms. The van der Waals surface area contributed by atoms with Crippen molar-refractivity contribution < 1.29 is 0 Å². The van der Waals surface area contributed by atoms with Gasteiger partial charge in [-0.15, -0.1) is 12.6 Å². The van der Waals surface area contributed by atoms with Crippen LogP contribution in [-0.2, 0) is 0 Å². The average Bonchev–Trinajstić information content (AvgIpc) is 2.33. The first-order chi connectivity index (χ1) is 5.84. The monoisotopic (exact) mass is 297 g/mol. The molecule has 1 nitrogen and oxygen atoms in total. The second-order valence-electron chi connectivity index (χ2n) is 2.26. The van der Waals surface area contributed by atoms with Gasteiger partial charge < -0.3 is 0 Å². The Morgan fingerprint density at radius 1 is 1.58 bits per heavy atom. The summed E-state index contributed by atoms with van der Waals surface area (Å²) >= 11 is 6.52. The second-order valence-corrected chi connectivity index (χ2v) is 3.40. The Balaban J connectivity index is 0.000000561. The zero-order chi connectivity index (χ0) is 9.40. The molecule has 1 N–H and O–H groups in total. The fourth-order valence-electron chi connectivity index (χ4n) is 0.900. The van der Waals surface area contributed by atoms with Gasteiger partial charge in [-0.3, -0.25) is 3.53 Å². The molecular weight excluding hydrogens is 281 g/mol. The summed E-state index contributed by atoms with van der Waals surface area (Å²) in [6.07, 6.45) is 8.57. The molecule has 0 saturated heterocycles. The smallest absolute Gasteiger partial charge is 0.0472 e. The number of hydrogen-bond donors (Lipinski definition) is 2. The largest absolute Gasteiger partial charge is 0.253 e. The lowest BCUT2D eigenvalue weighted by molar-refractivity contribution is 0.706. The van der Waals surface area contributed by atoms with Crippen molar-refractivity contribution in [2.45, 2.75) is 32.7 Å². The van der Waals surface area contributed by atoms with Gasteiger partial charge in [0.2, 0.25) is 0 Å². The molecule has 0 fully saturated rings. The van der Waals surface area contributed by atoms with E-state index in [1.165, 1.54) is 0 Å². The lowest BCUT2D eigenvalue weighted by Gasteiger charge is -2.11. The molecule has 70 valence electrons. The average molecular weight is 297 g/mol. The highest BCUT2D eigenvalue weighted by molar-refractivity contribution is 14.1. The van der Waals surface area contributed by atoms with Crippen LogP contribution in [0.15, 0.2) is 23.1 Å². The highest BCUT2D eigenvalue weighted by Gasteiger charge is 2.08. The van der Waals surface area contributed by atoms with Gasteiger partial charge in [0.15, 0.2) is 0 Å². The van der Waals surface area contributed by atoms with Gasteiger partial charge in [-0.25, -0.2) is 0 Å². The molecule has 0 aromatic carbocycles. The minimum atomic E-state index is 0.443. The van der Waals surface area contributed by atoms with Crippen LogP contribution in [-0.4, -0.2) is 6.04 Å². The number of hydrogen-bond acceptors (Lipinski definition) is 2. The van der Waals surface area contributed by atoms with E-state index in [0.29, 0.717) is 6.04 Å². The topological polar surface area (TPSA) is 12.0 Å². The number of halogens is 1. The molecule has 0 aromatic heterocycles. The van der Waals surface area contributed by atoms with Crippen LogP contribution >= 0.6 is 35.5 Å². The standard InChI is InChI=1S/C7H10INS.C2H6/c8-9-6-4-2-1-3-5-7(6)10;1-2/h1,3,5-6,9-10H,2,4H2;1-2H3. The van der Waals surface area contributed by atoms with E-state index in [1.807, 2.05) is 19.9 Å². The highest BCUT2D eigenvalue weighted by atomic mass is 127. The molecular formula is C9H16INS. The molecule has 0 aliphatic heterocycles. The number of allylic oxidation sites excluding steroid dienone is 3. The van der Waals surface area contributed by atoms with Crippen molar-refractivity contribution in [2.75, 3.05) is 0 Å². The maximum atomic E-state index is 4.35. The van der Waals surface area contributed by atoms with Crippen molar-refractivity contribution >= 4 is 35.5 Å². The Hall–Kier alpha value is 0.520. The van der Waals surface area contributed by atoms with Gasteiger partial charge in [0.25, 0.3) is 0 Å². The lowest BCUT2D eigenvalue weighted by atomic mass is 10.2. The fraction of sp³-hybridized carbons (Fsp3) is 0.556. The second kappa shape index (κ2) is 8.13. The van der Waals surface area contributed by atoms with Crippen LogP contribution in [0.3, 0.4) is 0 Å². The molecule has 0 amide bonds. The zero-order valence-corrected chi connectivity index (χ0v) is 10.6. The third-order valence-corrected chi connectivity index (χ3v) is 2.73. The van der Waals surface area contributed by atoms with Crippen LogP contribution < -0.4 is 3.53 Å². The van der Waals surface area contributed by atoms with E-state index in [0.717, 1.165) is 17.7 Å². The van der Waals surface area contributed by atoms with Gasteiger partial charge in [0.05, 0.1) is 0 Å². The van der Waals surface area contributed by atoms with Gasteiger partial charge in [-0.05, 0) is 17.7 Å². The molecule has 0 bridgehead atoms. The summed E-state index contributed by atoms with van der Waals surface area (Å²) < 4.78 is 3.18. The van der Waals surface area contributed by atoms with Crippen molar-refractivity contribution in [1.82, 2.24) is 3.53 Å². The van der Waals surface area contributed by atoms with E-state index in [-0.39, 0.29) is 0 Å². The van der Waals surface area contributed by atoms with Crippen LogP contribution in [0.25, 0.3) is 0 Å². The first-order valence-corrected chi connectivity index (χ1v) is 5.79. The molecule has 1 rings (SSSR count). The van der Waals surface area contributed by atoms with Crippen LogP contribution in [0.2, 0.25) is 0 Å². The van der Waals surface area contributed by atoms with Gasteiger partial charge in [-0.1, -0.05) is 32.1 Å². The molecule has 1 unspecified atom stereocenters. The molecule has 1 atom stereocenters. The summed E-state index contributed by atoms with van der Waals surface area (Å²) in [5, 5.41) is 0. The van der Waals surface area contributed by atoms with E-state index in [9.17, 15) is 0 Å². The molecule has 0 aromatic rings. The normalized spacial score (nSPS) is 22.0. The SMILES string of the molecule is CC.SC1=CC=CCCC1NI. The summed E-state index contributed by atoms with van der Waals surface area (Å²) in [5.74, 6) is 0. The molecule has 1 aliphatic carbocycles. The van der Waals surface area contributed by atoms with E-state index in [2.05, 4.69) is 51.2 Å². The quantitative estimate of drug-likeness (QED) is 0.429. The summed E-state index contributed by atoms with van der Waals surface area (Å²) in [4.78, 5) is 1.13. The van der Waals surface area contributed by atoms with Crippen LogP contribution in [0, 0.1) is 0 Å². The van der Waals surface area contributed by atoms with Crippen LogP contribution in [0.5, 0.6) is 0 Å². The fourth-order valence-corrected chi connectivity index (χ4v) is 2.07. The van der Waals surface area contributed by atoms with Crippen LogP contribution in [0.4, 0.5) is 0 Å². The zero-order valence-electron chi connectivity index (χ0n) is 7.55. The van der Waals surface area contributed by atoms with E-state index < -0.39 is 0 Å². The van der Waals surface area contributed by atoms with E-state index >= 15 is 0 Å². The van der Waals surface area contributed by atoms with Gasteiger partial charge in [0.1, 0.15) is 0 Å². The molecule has 1 aliphatic rings. The summed E-state index contributed by atoms with van der Waals surface area (Å²) in [6, 6.07) is 0.443. The van der Waals surface area contributed by atoms with Gasteiger partial charge >= 0.3 is 0 Å². The van der Waals surface area contributed by atoms with Crippen molar-refractivity contribution in [2.24, 2.45) is 0 Å². The number of rotatable bonds is 1. The summed E-state index contributed by atoms with van der Waals surface area (Å²) in [5.41, 5.74) is 0. The maximum Gasteiger partial charge on any atom is 0.0472 e. The number of thiol groups is 1. The Morgan fingerprint density at radius 3 is 2.83 bits per heavy atom. The Labute approximate surface area is 94.6 Å². The van der Waals surface area contributed by atoms with Crippen LogP contribution in [0.1, 0.15) is 26.7 Å². The number of nitrogens with one attached hydrogen (secondary N) is 1. The Bertz CT molecular complexity index is 166. The first-order valence-electron chi connectivity index (χ1n) is 4.26. The predicted octanol–water partition coefficient (Wildman–Crippen LogP) is 3.48. The lowest BCUT2D eigenvalue weighted by Crippen LogP contribution is -2.19. The van der Waals surface area contributed by atoms with Crippen molar-refractivity contribution in [3.8, 4) is 0 Å². The third kappa shape index (κ3) is 4.52. The minimum absolute atomic E-state index is 0.443. The molecule has 12 heavy (non-hydrogen) atoms. The van der Waals surface area contributed by atoms with Crippen molar-refractivity contribution in [3.63, 3.8) is 0 Å². The maximum absolute atomic E-state index is 4.35. The van der Waals surface area contributed by atoms with E-state index in [4.69, 9.17) is 0 Å². The molecule has 0 heterocycles. The Morgan fingerprint density at radius 2 is 2.25 bits per heavy atom. The summed E-state index contributed by atoms with van der Waals surface area (Å²) in [6.45, 7) is 4.00. The van der Waals surface area contributed by atoms with Crippen molar-refractivity contribution in [3.05, 3.63) is 23.1 Å². The minimum Gasteiger partial charge on any atom is -0.253 e. The van der Waals surface area contributed by atoms with E-state index in [1.54, 1.807) is 0 Å². The summed E-state index contributed by atoms with van der Waals surface area (Å²) in [7, 11) is 0. The predicted molar refractivity (Wildman–Crippen MR) is 67.7 cm³/mol. The third-order valence-electron chi connectivity index (χ3n) is 1.51. The molecule has 0 radical (unpaired) electrons. The first kappa shape index (κ1) is 12.5. The highest BCUT2D eigenvalue weighted by Crippen LogP contribution is 2.17. The molecule has 0 saturated carbocycles. The Kier molecular flexibility index (Phi) is 8.49. The van der Waals surface area contributed by atoms with Gasteiger partial charge in [0, 0.05) is 28.9 Å².